The Labute approximate surface area is 189 Å². The van der Waals surface area contributed by atoms with E-state index in [9.17, 15) is 4.79 Å². The second-order valence-electron chi connectivity index (χ2n) is 7.89. The van der Waals surface area contributed by atoms with Crippen LogP contribution in [-0.2, 0) is 4.74 Å². The maximum atomic E-state index is 12.0. The number of fused-ring (bicyclic) bond motifs is 1. The second-order valence-corrected chi connectivity index (χ2v) is 10.7. The van der Waals surface area contributed by atoms with E-state index in [1.807, 2.05) is 31.3 Å². The number of ether oxygens (including phenoxy) is 1. The van der Waals surface area contributed by atoms with E-state index in [1.165, 1.54) is 0 Å². The maximum Gasteiger partial charge on any atom is 0.407 e. The Bertz CT molecular complexity index is 842. The van der Waals surface area contributed by atoms with Crippen molar-refractivity contribution < 1.29 is 9.53 Å². The van der Waals surface area contributed by atoms with Crippen LogP contribution in [0.25, 0.3) is 11.0 Å². The van der Waals surface area contributed by atoms with Crippen molar-refractivity contribution in [1.82, 2.24) is 14.6 Å². The van der Waals surface area contributed by atoms with E-state index in [0.717, 1.165) is 49.7 Å². The molecule has 3 rings (SSSR count). The fourth-order valence-corrected chi connectivity index (χ4v) is 4.72. The molecule has 0 aliphatic heterocycles. The topological polar surface area (TPSA) is 68.2 Å². The number of pyridine rings is 1. The molecule has 2 aromatic rings. The van der Waals surface area contributed by atoms with Gasteiger partial charge in [-0.2, -0.15) is 0 Å². The van der Waals surface area contributed by atoms with Crippen LogP contribution < -0.4 is 10.6 Å². The number of carbonyl (C=O) groups is 1. The lowest BCUT2D eigenvalue weighted by atomic mass is 9.91. The summed E-state index contributed by atoms with van der Waals surface area (Å²) in [5.41, 5.74) is 1.66. The van der Waals surface area contributed by atoms with Gasteiger partial charge >= 0.3 is 6.09 Å². The fourth-order valence-electron chi connectivity index (χ4n) is 3.32. The SMILES string of the molecule is CC(C)(C)OC(=O)NC1CCC(Nc2c(I)cnc3c2cc(I)n3P)CC1. The first-order valence-electron chi connectivity index (χ1n) is 9.00. The molecule has 1 aliphatic rings. The Morgan fingerprint density at radius 2 is 1.89 bits per heavy atom. The van der Waals surface area contributed by atoms with Gasteiger partial charge in [0.2, 0.25) is 0 Å². The Morgan fingerprint density at radius 1 is 1.26 bits per heavy atom. The van der Waals surface area contributed by atoms with Gasteiger partial charge in [0.15, 0.2) is 0 Å². The molecule has 2 N–H and O–H groups in total. The molecule has 1 atom stereocenters. The summed E-state index contributed by atoms with van der Waals surface area (Å²) in [6.07, 6.45) is 5.52. The molecule has 0 saturated heterocycles. The van der Waals surface area contributed by atoms with Gasteiger partial charge in [-0.1, -0.05) is 0 Å². The highest BCUT2D eigenvalue weighted by Gasteiger charge is 2.25. The number of anilines is 1. The van der Waals surface area contributed by atoms with Crippen LogP contribution in [0.5, 0.6) is 0 Å². The van der Waals surface area contributed by atoms with Crippen molar-refractivity contribution in [2.24, 2.45) is 0 Å². The summed E-state index contributed by atoms with van der Waals surface area (Å²) >= 11 is 4.66. The summed E-state index contributed by atoms with van der Waals surface area (Å²) in [7, 11) is 2.71. The van der Waals surface area contributed by atoms with Gasteiger partial charge in [-0.05, 0) is 107 Å². The van der Waals surface area contributed by atoms with Crippen LogP contribution in [0, 0.1) is 7.27 Å². The zero-order valence-corrected chi connectivity index (χ0v) is 21.2. The molecule has 0 bridgehead atoms. The van der Waals surface area contributed by atoms with Gasteiger partial charge in [0.1, 0.15) is 11.2 Å². The average Bonchev–Trinajstić information content (AvgIpc) is 2.85. The highest BCUT2D eigenvalue weighted by Crippen LogP contribution is 2.33. The van der Waals surface area contributed by atoms with Gasteiger partial charge in [0, 0.05) is 23.7 Å². The molecular formula is C18H25I2N4O2P. The standard InChI is InChI=1S/C18H25I2N4O2P/c1-18(2,3)26-17(25)23-11-6-4-10(5-7-11)22-15-12-8-14(20)24(27)16(12)21-9-13(15)19/h8-11H,4-7,27H2,1-3H3,(H,21,22)(H,23,25). The third-order valence-electron chi connectivity index (χ3n) is 4.57. The van der Waals surface area contributed by atoms with Crippen LogP contribution >= 0.6 is 54.6 Å². The van der Waals surface area contributed by atoms with Crippen molar-refractivity contribution in [3.8, 4) is 0 Å². The van der Waals surface area contributed by atoms with Crippen molar-refractivity contribution in [1.29, 1.82) is 0 Å². The van der Waals surface area contributed by atoms with Gasteiger partial charge in [0.25, 0.3) is 0 Å². The Hall–Kier alpha value is -0.350. The summed E-state index contributed by atoms with van der Waals surface area (Å²) in [6, 6.07) is 2.74. The van der Waals surface area contributed by atoms with Crippen LogP contribution in [-0.4, -0.2) is 33.1 Å². The van der Waals surface area contributed by atoms with Crippen molar-refractivity contribution >= 4 is 77.4 Å². The molecule has 0 aromatic carbocycles. The number of alkyl carbamates (subject to hydrolysis) is 1. The van der Waals surface area contributed by atoms with E-state index in [1.54, 1.807) is 0 Å². The minimum atomic E-state index is -0.461. The lowest BCUT2D eigenvalue weighted by Crippen LogP contribution is -2.42. The van der Waals surface area contributed by atoms with E-state index in [2.05, 4.69) is 76.3 Å². The number of amides is 1. The summed E-state index contributed by atoms with van der Waals surface area (Å²) in [5, 5.41) is 7.88. The van der Waals surface area contributed by atoms with E-state index in [0.29, 0.717) is 6.04 Å². The first-order chi connectivity index (χ1) is 12.6. The Balaban J connectivity index is 1.62. The molecule has 0 spiro atoms. The minimum Gasteiger partial charge on any atom is -0.444 e. The summed E-state index contributed by atoms with van der Waals surface area (Å²) in [6.45, 7) is 5.65. The maximum absolute atomic E-state index is 12.0. The molecule has 2 aromatic heterocycles. The zero-order chi connectivity index (χ0) is 19.8. The molecule has 27 heavy (non-hydrogen) atoms. The van der Waals surface area contributed by atoms with E-state index in [-0.39, 0.29) is 12.1 Å². The average molecular weight is 614 g/mol. The third-order valence-corrected chi connectivity index (χ3v) is 7.26. The largest absolute Gasteiger partial charge is 0.444 e. The number of halogens is 2. The lowest BCUT2D eigenvalue weighted by Gasteiger charge is -2.31. The van der Waals surface area contributed by atoms with Crippen LogP contribution in [0.3, 0.4) is 0 Å². The summed E-state index contributed by atoms with van der Waals surface area (Å²) in [5.74, 6) is 0. The molecule has 1 amide bonds. The van der Waals surface area contributed by atoms with Crippen LogP contribution in [0.15, 0.2) is 12.3 Å². The van der Waals surface area contributed by atoms with Gasteiger partial charge in [-0.25, -0.2) is 9.78 Å². The third kappa shape index (κ3) is 5.38. The Morgan fingerprint density at radius 3 is 2.52 bits per heavy atom. The summed E-state index contributed by atoms with van der Waals surface area (Å²) in [4.78, 5) is 16.5. The number of nitrogens with one attached hydrogen (secondary N) is 2. The monoisotopic (exact) mass is 614 g/mol. The normalized spacial score (nSPS) is 20.5. The van der Waals surface area contributed by atoms with Gasteiger partial charge < -0.3 is 19.7 Å². The predicted octanol–water partition coefficient (Wildman–Crippen LogP) is 5.13. The number of aromatic nitrogens is 2. The highest BCUT2D eigenvalue weighted by molar-refractivity contribution is 14.1. The molecule has 6 nitrogen and oxygen atoms in total. The van der Waals surface area contributed by atoms with E-state index >= 15 is 0 Å². The first-order valence-corrected chi connectivity index (χ1v) is 11.7. The molecule has 9 heteroatoms. The number of hydrogen-bond acceptors (Lipinski definition) is 4. The molecule has 148 valence electrons. The zero-order valence-electron chi connectivity index (χ0n) is 15.7. The number of rotatable bonds is 3. The lowest BCUT2D eigenvalue weighted by molar-refractivity contribution is 0.0492. The van der Waals surface area contributed by atoms with Gasteiger partial charge in [-0.15, -0.1) is 0 Å². The molecule has 1 saturated carbocycles. The number of nitrogens with zero attached hydrogens (tertiary/aromatic N) is 2. The van der Waals surface area contributed by atoms with Crippen molar-refractivity contribution in [2.45, 2.75) is 64.1 Å². The fraction of sp³-hybridized carbons (Fsp3) is 0.556. The minimum absolute atomic E-state index is 0.184. The molecular weight excluding hydrogens is 589 g/mol. The molecule has 1 unspecified atom stereocenters. The van der Waals surface area contributed by atoms with Crippen molar-refractivity contribution in [2.75, 3.05) is 5.32 Å². The van der Waals surface area contributed by atoms with E-state index < -0.39 is 5.60 Å². The van der Waals surface area contributed by atoms with Crippen LogP contribution in [0.1, 0.15) is 46.5 Å². The highest BCUT2D eigenvalue weighted by atomic mass is 127. The van der Waals surface area contributed by atoms with Crippen molar-refractivity contribution in [3.05, 3.63) is 19.5 Å². The quantitative estimate of drug-likeness (QED) is 0.372. The molecule has 1 fully saturated rings. The first kappa shape index (κ1) is 21.4. The van der Waals surface area contributed by atoms with Gasteiger partial charge in [0.05, 0.1) is 13.0 Å². The summed E-state index contributed by atoms with van der Waals surface area (Å²) < 4.78 is 9.65. The van der Waals surface area contributed by atoms with Crippen LogP contribution in [0.4, 0.5) is 10.5 Å². The van der Waals surface area contributed by atoms with Crippen molar-refractivity contribution in [3.63, 3.8) is 0 Å². The van der Waals surface area contributed by atoms with Gasteiger partial charge in [-0.3, -0.25) is 0 Å². The predicted molar refractivity (Wildman–Crippen MR) is 129 cm³/mol. The number of hydrogen-bond donors (Lipinski definition) is 2. The number of carbonyl (C=O) groups excluding carboxylic acids is 1. The molecule has 0 radical (unpaired) electrons. The second kappa shape index (κ2) is 8.57. The molecule has 1 aliphatic carbocycles. The van der Waals surface area contributed by atoms with Crippen LogP contribution in [0.2, 0.25) is 0 Å². The Kier molecular flexibility index (Phi) is 6.78. The molecule has 2 heterocycles. The smallest absolute Gasteiger partial charge is 0.407 e. The van der Waals surface area contributed by atoms with E-state index in [4.69, 9.17) is 4.74 Å².